The van der Waals surface area contributed by atoms with E-state index in [1.807, 2.05) is 24.0 Å². The molecule has 0 N–H and O–H groups in total. The standard InChI is InChI=1S/C15H17ClNS/c1-2-14-8-9-17(10-15(14)16)12-18-11-13-6-4-3-5-7-13/h3-10H,2,11-12H2,1H3/q+1. The van der Waals surface area contributed by atoms with Gasteiger partial charge in [-0.1, -0.05) is 60.6 Å². The first-order valence-corrected chi connectivity index (χ1v) is 7.62. The number of nitrogens with zero attached hydrogens (tertiary/aromatic N) is 1. The van der Waals surface area contributed by atoms with Gasteiger partial charge in [0.15, 0.2) is 18.3 Å². The monoisotopic (exact) mass is 278 g/mol. The summed E-state index contributed by atoms with van der Waals surface area (Å²) in [6, 6.07) is 12.6. The molecule has 0 bridgehead atoms. The van der Waals surface area contributed by atoms with Crippen LogP contribution in [0.25, 0.3) is 0 Å². The molecule has 0 spiro atoms. The third-order valence-electron chi connectivity index (χ3n) is 2.79. The van der Waals surface area contributed by atoms with Crippen LogP contribution >= 0.6 is 23.4 Å². The fraction of sp³-hybridized carbons (Fsp3) is 0.267. The molecule has 0 atom stereocenters. The van der Waals surface area contributed by atoms with E-state index in [1.54, 1.807) is 0 Å². The lowest BCUT2D eigenvalue weighted by molar-refractivity contribution is -0.675. The summed E-state index contributed by atoms with van der Waals surface area (Å²) >= 11 is 8.08. The largest absolute Gasteiger partial charge is 0.194 e. The number of halogens is 1. The molecule has 18 heavy (non-hydrogen) atoms. The number of hydrogen-bond donors (Lipinski definition) is 0. The van der Waals surface area contributed by atoms with Gasteiger partial charge in [-0.15, -0.1) is 0 Å². The zero-order valence-corrected chi connectivity index (χ0v) is 12.0. The summed E-state index contributed by atoms with van der Waals surface area (Å²) in [6.07, 6.45) is 5.10. The zero-order chi connectivity index (χ0) is 12.8. The maximum Gasteiger partial charge on any atom is 0.194 e. The van der Waals surface area contributed by atoms with Gasteiger partial charge in [0.1, 0.15) is 5.02 Å². The molecule has 0 fully saturated rings. The number of pyridine rings is 1. The summed E-state index contributed by atoms with van der Waals surface area (Å²) in [4.78, 5) is 0. The van der Waals surface area contributed by atoms with E-state index >= 15 is 0 Å². The van der Waals surface area contributed by atoms with Gasteiger partial charge in [-0.3, -0.25) is 0 Å². The second-order valence-electron chi connectivity index (χ2n) is 4.15. The van der Waals surface area contributed by atoms with E-state index in [2.05, 4.69) is 48.0 Å². The third kappa shape index (κ3) is 3.76. The van der Waals surface area contributed by atoms with Gasteiger partial charge in [0.2, 0.25) is 0 Å². The van der Waals surface area contributed by atoms with Gasteiger partial charge in [-0.2, -0.15) is 4.57 Å². The van der Waals surface area contributed by atoms with Gasteiger partial charge >= 0.3 is 0 Å². The van der Waals surface area contributed by atoms with Crippen molar-refractivity contribution in [3.8, 4) is 0 Å². The molecule has 0 aliphatic carbocycles. The number of benzene rings is 1. The van der Waals surface area contributed by atoms with E-state index < -0.39 is 0 Å². The van der Waals surface area contributed by atoms with Crippen molar-refractivity contribution >= 4 is 23.4 Å². The summed E-state index contributed by atoms with van der Waals surface area (Å²) in [5.74, 6) is 1.96. The Labute approximate surface area is 118 Å². The van der Waals surface area contributed by atoms with Crippen LogP contribution in [0.1, 0.15) is 18.1 Å². The maximum absolute atomic E-state index is 6.20. The van der Waals surface area contributed by atoms with Crippen LogP contribution in [0.3, 0.4) is 0 Å². The molecule has 0 aliphatic heterocycles. The SMILES string of the molecule is CCc1cc[n+](CSCc2ccccc2)cc1Cl. The summed E-state index contributed by atoms with van der Waals surface area (Å²) < 4.78 is 2.13. The highest BCUT2D eigenvalue weighted by Gasteiger charge is 2.06. The highest BCUT2D eigenvalue weighted by Crippen LogP contribution is 2.15. The lowest BCUT2D eigenvalue weighted by Crippen LogP contribution is -2.31. The predicted octanol–water partition coefficient (Wildman–Crippen LogP) is 4.08. The summed E-state index contributed by atoms with van der Waals surface area (Å²) in [6.45, 7) is 2.12. The van der Waals surface area contributed by atoms with E-state index in [0.717, 1.165) is 23.1 Å². The Morgan fingerprint density at radius 2 is 1.94 bits per heavy atom. The van der Waals surface area contributed by atoms with E-state index in [1.165, 1.54) is 11.1 Å². The zero-order valence-electron chi connectivity index (χ0n) is 10.5. The van der Waals surface area contributed by atoms with Crippen molar-refractivity contribution < 1.29 is 4.57 Å². The Morgan fingerprint density at radius 1 is 1.17 bits per heavy atom. The van der Waals surface area contributed by atoms with Crippen molar-refractivity contribution in [2.24, 2.45) is 0 Å². The van der Waals surface area contributed by atoms with Crippen LogP contribution in [-0.2, 0) is 18.1 Å². The highest BCUT2D eigenvalue weighted by atomic mass is 35.5. The molecule has 0 saturated carbocycles. The molecule has 0 aliphatic rings. The molecule has 2 rings (SSSR count). The molecule has 94 valence electrons. The minimum absolute atomic E-state index is 0.861. The Hall–Kier alpha value is -0.990. The van der Waals surface area contributed by atoms with Crippen molar-refractivity contribution in [1.82, 2.24) is 0 Å². The molecule has 1 nitrogen and oxygen atoms in total. The molecule has 0 saturated heterocycles. The van der Waals surface area contributed by atoms with E-state index in [0.29, 0.717) is 0 Å². The molecule has 0 unspecified atom stereocenters. The Bertz CT molecular complexity index is 499. The van der Waals surface area contributed by atoms with Crippen molar-refractivity contribution in [2.75, 3.05) is 0 Å². The van der Waals surface area contributed by atoms with Gasteiger partial charge in [-0.05, 0) is 17.5 Å². The Morgan fingerprint density at radius 3 is 2.61 bits per heavy atom. The first kappa shape index (κ1) is 13.4. The topological polar surface area (TPSA) is 3.88 Å². The lowest BCUT2D eigenvalue weighted by atomic mass is 10.2. The average Bonchev–Trinajstić information content (AvgIpc) is 2.40. The second kappa shape index (κ2) is 6.81. The van der Waals surface area contributed by atoms with Gasteiger partial charge in [0, 0.05) is 11.8 Å². The normalized spacial score (nSPS) is 10.6. The molecule has 3 heteroatoms. The van der Waals surface area contributed by atoms with Crippen LogP contribution in [0.15, 0.2) is 48.8 Å². The van der Waals surface area contributed by atoms with Crippen molar-refractivity contribution in [3.05, 3.63) is 64.9 Å². The van der Waals surface area contributed by atoms with Crippen LogP contribution < -0.4 is 4.57 Å². The minimum Gasteiger partial charge on any atom is -0.194 e. The molecule has 1 aromatic carbocycles. The van der Waals surface area contributed by atoms with Crippen LogP contribution in [0, 0.1) is 0 Å². The quantitative estimate of drug-likeness (QED) is 0.746. The summed E-state index contributed by atoms with van der Waals surface area (Å²) in [5, 5.41) is 0.861. The molecule has 2 aromatic rings. The van der Waals surface area contributed by atoms with Crippen LogP contribution in [-0.4, -0.2) is 0 Å². The van der Waals surface area contributed by atoms with Gasteiger partial charge < -0.3 is 0 Å². The van der Waals surface area contributed by atoms with Gasteiger partial charge in [0.05, 0.1) is 0 Å². The molecule has 1 aromatic heterocycles. The van der Waals surface area contributed by atoms with Crippen molar-refractivity contribution in [3.63, 3.8) is 0 Å². The number of aryl methyl sites for hydroxylation is 1. The maximum atomic E-state index is 6.20. The van der Waals surface area contributed by atoms with Crippen LogP contribution in [0.5, 0.6) is 0 Å². The second-order valence-corrected chi connectivity index (χ2v) is 5.51. The highest BCUT2D eigenvalue weighted by molar-refractivity contribution is 7.97. The lowest BCUT2D eigenvalue weighted by Gasteiger charge is -2.01. The summed E-state index contributed by atoms with van der Waals surface area (Å²) in [7, 11) is 0. The van der Waals surface area contributed by atoms with Gasteiger partial charge in [-0.25, -0.2) is 0 Å². The molecule has 0 radical (unpaired) electrons. The number of thioether (sulfide) groups is 1. The fourth-order valence-electron chi connectivity index (χ4n) is 1.75. The molecular weight excluding hydrogens is 262 g/mol. The minimum atomic E-state index is 0.861. The average molecular weight is 279 g/mol. The van der Waals surface area contributed by atoms with E-state index in [9.17, 15) is 0 Å². The first-order valence-electron chi connectivity index (χ1n) is 6.08. The smallest absolute Gasteiger partial charge is 0.194 e. The Kier molecular flexibility index (Phi) is 5.09. The molecular formula is C15H17ClNS+. The molecule has 0 amide bonds. The number of rotatable bonds is 5. The van der Waals surface area contributed by atoms with Crippen molar-refractivity contribution in [1.29, 1.82) is 0 Å². The number of hydrogen-bond acceptors (Lipinski definition) is 1. The first-order chi connectivity index (χ1) is 8.79. The van der Waals surface area contributed by atoms with Crippen LogP contribution in [0.2, 0.25) is 5.02 Å². The van der Waals surface area contributed by atoms with Crippen molar-refractivity contribution in [2.45, 2.75) is 25.0 Å². The van der Waals surface area contributed by atoms with E-state index in [-0.39, 0.29) is 0 Å². The fourth-order valence-corrected chi connectivity index (χ4v) is 2.96. The van der Waals surface area contributed by atoms with Crippen LogP contribution in [0.4, 0.5) is 0 Å². The van der Waals surface area contributed by atoms with Gasteiger partial charge in [0.25, 0.3) is 0 Å². The summed E-state index contributed by atoms with van der Waals surface area (Å²) in [5.41, 5.74) is 2.57. The number of aromatic nitrogens is 1. The third-order valence-corrected chi connectivity index (χ3v) is 4.14. The predicted molar refractivity (Wildman–Crippen MR) is 78.8 cm³/mol. The Balaban J connectivity index is 1.89. The molecule has 1 heterocycles. The van der Waals surface area contributed by atoms with E-state index in [4.69, 9.17) is 11.6 Å².